The van der Waals surface area contributed by atoms with E-state index in [1.165, 1.54) is 0 Å². The normalized spacial score (nSPS) is 11.0. The van der Waals surface area contributed by atoms with Crippen molar-refractivity contribution in [1.82, 2.24) is 10.4 Å². The maximum absolute atomic E-state index is 11.7. The van der Waals surface area contributed by atoms with Crippen molar-refractivity contribution in [2.75, 3.05) is 5.43 Å². The van der Waals surface area contributed by atoms with Gasteiger partial charge in [0.25, 0.3) is 0 Å². The van der Waals surface area contributed by atoms with Crippen LogP contribution in [0.1, 0.15) is 20.8 Å². The van der Waals surface area contributed by atoms with Gasteiger partial charge in [0.1, 0.15) is 17.5 Å². The third-order valence-electron chi connectivity index (χ3n) is 2.64. The molecule has 0 bridgehead atoms. The molecule has 1 aromatic carbocycles. The molecular formula is C14H16N4O4. The monoisotopic (exact) mass is 304 g/mol. The Labute approximate surface area is 126 Å². The number of pyridine rings is 1. The van der Waals surface area contributed by atoms with Crippen molar-refractivity contribution in [2.24, 2.45) is 0 Å². The maximum Gasteiger partial charge on any atom is 0.426 e. The lowest BCUT2D eigenvalue weighted by Gasteiger charge is -2.20. The Bertz CT molecular complexity index is 724. The number of aromatic nitrogens is 1. The quantitative estimate of drug-likeness (QED) is 0.667. The van der Waals surface area contributed by atoms with Gasteiger partial charge in [-0.05, 0) is 26.8 Å². The zero-order chi connectivity index (χ0) is 16.3. The van der Waals surface area contributed by atoms with E-state index in [0.717, 1.165) is 6.20 Å². The lowest BCUT2D eigenvalue weighted by Crippen LogP contribution is -2.36. The Balaban J connectivity index is 2.31. The largest absolute Gasteiger partial charge is 0.443 e. The number of carbonyl (C=O) groups excluding carboxylic acids is 1. The molecule has 8 heteroatoms. The summed E-state index contributed by atoms with van der Waals surface area (Å²) in [4.78, 5) is 26.2. The van der Waals surface area contributed by atoms with E-state index < -0.39 is 16.6 Å². The first-order valence-corrected chi connectivity index (χ1v) is 6.55. The summed E-state index contributed by atoms with van der Waals surface area (Å²) in [6.07, 6.45) is 0.407. The number of nitro groups is 1. The summed E-state index contributed by atoms with van der Waals surface area (Å²) >= 11 is 0. The lowest BCUT2D eigenvalue weighted by molar-refractivity contribution is -0.384. The van der Waals surface area contributed by atoms with E-state index in [9.17, 15) is 14.9 Å². The molecule has 1 amide bonds. The van der Waals surface area contributed by atoms with Crippen molar-refractivity contribution in [3.63, 3.8) is 0 Å². The SMILES string of the molecule is CC(C)(C)OC(=O)NNc1c([N+](=O)[O-])cnc2ccccc12. The molecule has 0 aliphatic rings. The van der Waals surface area contributed by atoms with Crippen LogP contribution in [0.4, 0.5) is 16.2 Å². The maximum atomic E-state index is 11.7. The average molecular weight is 304 g/mol. The first-order chi connectivity index (χ1) is 10.3. The highest BCUT2D eigenvalue weighted by Crippen LogP contribution is 2.30. The molecule has 0 fully saturated rings. The van der Waals surface area contributed by atoms with E-state index in [-0.39, 0.29) is 11.4 Å². The van der Waals surface area contributed by atoms with Gasteiger partial charge in [0.2, 0.25) is 0 Å². The zero-order valence-electron chi connectivity index (χ0n) is 12.4. The molecule has 0 saturated carbocycles. The third-order valence-corrected chi connectivity index (χ3v) is 2.64. The van der Waals surface area contributed by atoms with Gasteiger partial charge in [-0.15, -0.1) is 0 Å². The van der Waals surface area contributed by atoms with Crippen LogP contribution in [-0.2, 0) is 4.74 Å². The minimum atomic E-state index is -0.734. The van der Waals surface area contributed by atoms with Gasteiger partial charge in [-0.1, -0.05) is 18.2 Å². The van der Waals surface area contributed by atoms with Crippen LogP contribution in [0.25, 0.3) is 10.9 Å². The molecule has 2 N–H and O–H groups in total. The van der Waals surface area contributed by atoms with Gasteiger partial charge in [-0.3, -0.25) is 15.5 Å². The number of ether oxygens (including phenoxy) is 1. The predicted octanol–water partition coefficient (Wildman–Crippen LogP) is 2.99. The van der Waals surface area contributed by atoms with E-state index in [1.54, 1.807) is 45.0 Å². The fraction of sp³-hybridized carbons (Fsp3) is 0.286. The summed E-state index contributed by atoms with van der Waals surface area (Å²) in [5.74, 6) is 0. The molecule has 8 nitrogen and oxygen atoms in total. The van der Waals surface area contributed by atoms with Gasteiger partial charge < -0.3 is 4.74 Å². The van der Waals surface area contributed by atoms with Gasteiger partial charge in [0.15, 0.2) is 0 Å². The highest BCUT2D eigenvalue weighted by atomic mass is 16.6. The van der Waals surface area contributed by atoms with Gasteiger partial charge >= 0.3 is 11.8 Å². The standard InChI is InChI=1S/C14H16N4O4/c1-14(2,3)22-13(19)17-16-12-9-6-4-5-7-10(9)15-8-11(12)18(20)21/h4-8H,1-3H3,(H,15,16)(H,17,19). The van der Waals surface area contributed by atoms with Crippen LogP contribution in [0.3, 0.4) is 0 Å². The smallest absolute Gasteiger partial charge is 0.426 e. The second kappa shape index (κ2) is 5.84. The summed E-state index contributed by atoms with van der Waals surface area (Å²) in [5, 5.41) is 11.6. The van der Waals surface area contributed by atoms with Crippen molar-refractivity contribution in [2.45, 2.75) is 26.4 Å². The Morgan fingerprint density at radius 1 is 1.32 bits per heavy atom. The van der Waals surface area contributed by atoms with E-state index in [4.69, 9.17) is 4.74 Å². The van der Waals surface area contributed by atoms with Crippen LogP contribution in [-0.4, -0.2) is 21.6 Å². The molecule has 0 aliphatic heterocycles. The highest BCUT2D eigenvalue weighted by molar-refractivity contribution is 5.96. The number of nitrogens with one attached hydrogen (secondary N) is 2. The van der Waals surface area contributed by atoms with E-state index in [2.05, 4.69) is 15.8 Å². The molecule has 0 saturated heterocycles. The summed E-state index contributed by atoms with van der Waals surface area (Å²) < 4.78 is 5.07. The molecule has 0 spiro atoms. The Hall–Kier alpha value is -2.90. The second-order valence-electron chi connectivity index (χ2n) is 5.54. The van der Waals surface area contributed by atoms with E-state index in [0.29, 0.717) is 10.9 Å². The number of hydrogen-bond donors (Lipinski definition) is 2. The molecule has 1 heterocycles. The number of nitrogens with zero attached hydrogens (tertiary/aromatic N) is 2. The van der Waals surface area contributed by atoms with Crippen LogP contribution in [0.15, 0.2) is 30.5 Å². The molecule has 1 aromatic heterocycles. The number of anilines is 1. The zero-order valence-corrected chi connectivity index (χ0v) is 12.4. The molecule has 0 unspecified atom stereocenters. The topological polar surface area (TPSA) is 106 Å². The summed E-state index contributed by atoms with van der Waals surface area (Å²) in [5.41, 5.74) is 4.67. The van der Waals surface area contributed by atoms with Crippen molar-refractivity contribution in [3.05, 3.63) is 40.6 Å². The summed E-state index contributed by atoms with van der Waals surface area (Å²) in [7, 11) is 0. The van der Waals surface area contributed by atoms with Gasteiger partial charge in [0, 0.05) is 5.39 Å². The second-order valence-corrected chi connectivity index (χ2v) is 5.54. The summed E-state index contributed by atoms with van der Waals surface area (Å²) in [6.45, 7) is 5.16. The van der Waals surface area contributed by atoms with Crippen molar-refractivity contribution < 1.29 is 14.5 Å². The Morgan fingerprint density at radius 3 is 2.64 bits per heavy atom. The number of hydrazine groups is 1. The van der Waals surface area contributed by atoms with Crippen LogP contribution < -0.4 is 10.9 Å². The minimum absolute atomic E-state index is 0.154. The Kier molecular flexibility index (Phi) is 4.11. The molecular weight excluding hydrogens is 288 g/mol. The van der Waals surface area contributed by atoms with Crippen LogP contribution >= 0.6 is 0 Å². The van der Waals surface area contributed by atoms with Gasteiger partial charge in [0.05, 0.1) is 10.4 Å². The fourth-order valence-electron chi connectivity index (χ4n) is 1.82. The molecule has 2 rings (SSSR count). The number of benzene rings is 1. The van der Waals surface area contributed by atoms with Crippen LogP contribution in [0.5, 0.6) is 0 Å². The summed E-state index contributed by atoms with van der Waals surface area (Å²) in [6, 6.07) is 6.89. The first-order valence-electron chi connectivity index (χ1n) is 6.55. The van der Waals surface area contributed by atoms with E-state index >= 15 is 0 Å². The third kappa shape index (κ3) is 3.60. The predicted molar refractivity (Wildman–Crippen MR) is 81.4 cm³/mol. The molecule has 0 aliphatic carbocycles. The van der Waals surface area contributed by atoms with Crippen LogP contribution in [0.2, 0.25) is 0 Å². The van der Waals surface area contributed by atoms with Gasteiger partial charge in [-0.2, -0.15) is 0 Å². The lowest BCUT2D eigenvalue weighted by atomic mass is 10.2. The molecule has 0 atom stereocenters. The first kappa shape index (κ1) is 15.5. The Morgan fingerprint density at radius 2 is 2.00 bits per heavy atom. The number of rotatable bonds is 3. The number of amides is 1. The number of carbonyl (C=O) groups is 1. The van der Waals surface area contributed by atoms with Crippen molar-refractivity contribution >= 4 is 28.4 Å². The molecule has 116 valence electrons. The minimum Gasteiger partial charge on any atom is -0.443 e. The van der Waals surface area contributed by atoms with Crippen molar-refractivity contribution in [1.29, 1.82) is 0 Å². The fourth-order valence-corrected chi connectivity index (χ4v) is 1.82. The molecule has 22 heavy (non-hydrogen) atoms. The highest BCUT2D eigenvalue weighted by Gasteiger charge is 2.20. The van der Waals surface area contributed by atoms with Gasteiger partial charge in [-0.25, -0.2) is 15.2 Å². The number of para-hydroxylation sites is 1. The van der Waals surface area contributed by atoms with Crippen molar-refractivity contribution in [3.8, 4) is 0 Å². The van der Waals surface area contributed by atoms with Crippen LogP contribution in [0, 0.1) is 10.1 Å². The molecule has 0 radical (unpaired) electrons. The number of hydrogen-bond acceptors (Lipinski definition) is 6. The number of fused-ring (bicyclic) bond motifs is 1. The average Bonchev–Trinajstić information content (AvgIpc) is 2.42. The molecule has 2 aromatic rings. The van der Waals surface area contributed by atoms with E-state index in [1.807, 2.05) is 0 Å².